The second kappa shape index (κ2) is 5.79. The van der Waals surface area contributed by atoms with Crippen LogP contribution in [0.2, 0.25) is 0 Å². The third-order valence-corrected chi connectivity index (χ3v) is 5.23. The lowest BCUT2D eigenvalue weighted by molar-refractivity contribution is -0.121. The smallest absolute Gasteiger partial charge is 0.220 e. The second-order valence-electron chi connectivity index (χ2n) is 4.34. The molecule has 0 spiro atoms. The van der Waals surface area contributed by atoms with Gasteiger partial charge in [0.05, 0.1) is 12.3 Å². The van der Waals surface area contributed by atoms with Crippen molar-refractivity contribution in [3.63, 3.8) is 0 Å². The van der Waals surface area contributed by atoms with E-state index in [1.165, 1.54) is 16.7 Å². The zero-order valence-corrected chi connectivity index (χ0v) is 12.1. The van der Waals surface area contributed by atoms with Crippen molar-refractivity contribution >= 4 is 27.1 Å². The zero-order chi connectivity index (χ0) is 13.9. The Bertz CT molecular complexity index is 592. The molecule has 19 heavy (non-hydrogen) atoms. The van der Waals surface area contributed by atoms with Gasteiger partial charge in [0.25, 0.3) is 0 Å². The molecule has 1 aromatic rings. The molecular formula is C11H15N3O3S2. The molecule has 0 fully saturated rings. The van der Waals surface area contributed by atoms with Gasteiger partial charge in [-0.1, -0.05) is 24.3 Å². The first-order chi connectivity index (χ1) is 8.98. The molecule has 0 aromatic carbocycles. The highest BCUT2D eigenvalue weighted by Crippen LogP contribution is 2.18. The first-order valence-corrected chi connectivity index (χ1v) is 8.50. The minimum atomic E-state index is -3.09. The van der Waals surface area contributed by atoms with E-state index >= 15 is 0 Å². The number of aromatic nitrogens is 2. The fraction of sp³-hybridized carbons (Fsp3) is 0.545. The lowest BCUT2D eigenvalue weighted by atomic mass is 10.1. The summed E-state index contributed by atoms with van der Waals surface area (Å²) >= 11 is 1.47. The van der Waals surface area contributed by atoms with Crippen LogP contribution in [-0.2, 0) is 27.6 Å². The van der Waals surface area contributed by atoms with Gasteiger partial charge < -0.3 is 5.32 Å². The normalized spacial score (nSPS) is 20.6. The standard InChI is InChI=1S/C11H15N3O3S2/c1-2-10-13-14-11(18-10)6-12-9(15)5-8-3-4-19(16,17)7-8/h3-4,8H,2,5-7H2,1H3,(H,12,15)/t8-/m0/s1. The Labute approximate surface area is 115 Å². The Balaban J connectivity index is 1.78. The average Bonchev–Trinajstić information content (AvgIpc) is 2.93. The molecule has 6 nitrogen and oxygen atoms in total. The van der Waals surface area contributed by atoms with Crippen LogP contribution in [0.25, 0.3) is 0 Å². The molecule has 0 saturated carbocycles. The lowest BCUT2D eigenvalue weighted by Gasteiger charge is -2.06. The average molecular weight is 301 g/mol. The van der Waals surface area contributed by atoms with E-state index in [-0.39, 0.29) is 24.0 Å². The molecule has 1 amide bonds. The van der Waals surface area contributed by atoms with Crippen molar-refractivity contribution in [2.45, 2.75) is 26.3 Å². The zero-order valence-electron chi connectivity index (χ0n) is 10.5. The Hall–Kier alpha value is -1.28. The molecule has 1 N–H and O–H groups in total. The van der Waals surface area contributed by atoms with E-state index in [1.54, 1.807) is 6.08 Å². The number of carbonyl (C=O) groups excluding carboxylic acids is 1. The number of hydrogen-bond acceptors (Lipinski definition) is 6. The molecule has 0 bridgehead atoms. The van der Waals surface area contributed by atoms with Crippen LogP contribution in [0.3, 0.4) is 0 Å². The van der Waals surface area contributed by atoms with Crippen molar-refractivity contribution in [1.29, 1.82) is 0 Å². The maximum absolute atomic E-state index is 11.7. The van der Waals surface area contributed by atoms with E-state index in [1.807, 2.05) is 6.92 Å². The number of nitrogens with one attached hydrogen (secondary N) is 1. The van der Waals surface area contributed by atoms with Gasteiger partial charge in [0.2, 0.25) is 5.91 Å². The third kappa shape index (κ3) is 4.10. The molecule has 0 saturated heterocycles. The Morgan fingerprint density at radius 1 is 1.47 bits per heavy atom. The summed E-state index contributed by atoms with van der Waals surface area (Å²) in [5.74, 6) is -0.357. The molecular weight excluding hydrogens is 286 g/mol. The highest BCUT2D eigenvalue weighted by Gasteiger charge is 2.23. The number of allylic oxidation sites excluding steroid dienone is 1. The largest absolute Gasteiger partial charge is 0.349 e. The monoisotopic (exact) mass is 301 g/mol. The van der Waals surface area contributed by atoms with E-state index < -0.39 is 9.84 Å². The topological polar surface area (TPSA) is 89.0 Å². The Morgan fingerprint density at radius 2 is 2.21 bits per heavy atom. The molecule has 2 rings (SSSR count). The van der Waals surface area contributed by atoms with Crippen LogP contribution in [0.4, 0.5) is 0 Å². The summed E-state index contributed by atoms with van der Waals surface area (Å²) in [5.41, 5.74) is 0. The molecule has 8 heteroatoms. The molecule has 1 aliphatic heterocycles. The van der Waals surface area contributed by atoms with E-state index in [9.17, 15) is 13.2 Å². The summed E-state index contributed by atoms with van der Waals surface area (Å²) in [6.07, 6.45) is 2.60. The number of hydrogen-bond donors (Lipinski definition) is 1. The van der Waals surface area contributed by atoms with Crippen molar-refractivity contribution in [2.75, 3.05) is 5.75 Å². The predicted molar refractivity (Wildman–Crippen MR) is 72.2 cm³/mol. The summed E-state index contributed by atoms with van der Waals surface area (Å²) < 4.78 is 22.4. The van der Waals surface area contributed by atoms with E-state index in [0.717, 1.165) is 16.4 Å². The van der Waals surface area contributed by atoms with E-state index in [2.05, 4.69) is 15.5 Å². The number of aryl methyl sites for hydroxylation is 1. The quantitative estimate of drug-likeness (QED) is 0.863. The molecule has 1 aliphatic rings. The maximum Gasteiger partial charge on any atom is 0.220 e. The van der Waals surface area contributed by atoms with Crippen LogP contribution >= 0.6 is 11.3 Å². The summed E-state index contributed by atoms with van der Waals surface area (Å²) in [5, 5.41) is 13.5. The van der Waals surface area contributed by atoms with Gasteiger partial charge in [-0.2, -0.15) is 0 Å². The van der Waals surface area contributed by atoms with Crippen molar-refractivity contribution < 1.29 is 13.2 Å². The minimum Gasteiger partial charge on any atom is -0.349 e. The van der Waals surface area contributed by atoms with E-state index in [4.69, 9.17) is 0 Å². The van der Waals surface area contributed by atoms with Gasteiger partial charge in [-0.3, -0.25) is 4.79 Å². The SMILES string of the molecule is CCc1nnc(CNC(=O)C[C@@H]2C=CS(=O)(=O)C2)s1. The van der Waals surface area contributed by atoms with Crippen LogP contribution in [0.15, 0.2) is 11.5 Å². The Kier molecular flexibility index (Phi) is 4.31. The van der Waals surface area contributed by atoms with Crippen LogP contribution in [0, 0.1) is 5.92 Å². The summed E-state index contributed by atoms with van der Waals surface area (Å²) in [7, 11) is -3.09. The molecule has 1 aromatic heterocycles. The summed E-state index contributed by atoms with van der Waals surface area (Å²) in [4.78, 5) is 11.7. The van der Waals surface area contributed by atoms with Crippen LogP contribution in [-0.4, -0.2) is 30.3 Å². The van der Waals surface area contributed by atoms with Crippen molar-refractivity contribution in [2.24, 2.45) is 5.92 Å². The fourth-order valence-corrected chi connectivity index (χ4v) is 3.88. The molecule has 0 aliphatic carbocycles. The molecule has 2 heterocycles. The van der Waals surface area contributed by atoms with Gasteiger partial charge >= 0.3 is 0 Å². The predicted octanol–water partition coefficient (Wildman–Crippen LogP) is 0.665. The molecule has 1 atom stereocenters. The van der Waals surface area contributed by atoms with E-state index in [0.29, 0.717) is 6.54 Å². The van der Waals surface area contributed by atoms with Crippen molar-refractivity contribution in [1.82, 2.24) is 15.5 Å². The molecule has 104 valence electrons. The maximum atomic E-state index is 11.7. The lowest BCUT2D eigenvalue weighted by Crippen LogP contribution is -2.25. The van der Waals surface area contributed by atoms with Crippen molar-refractivity contribution in [3.8, 4) is 0 Å². The highest BCUT2D eigenvalue weighted by atomic mass is 32.2. The number of nitrogens with zero attached hydrogens (tertiary/aromatic N) is 2. The Morgan fingerprint density at radius 3 is 2.79 bits per heavy atom. The molecule has 0 unspecified atom stereocenters. The number of rotatable bonds is 5. The third-order valence-electron chi connectivity index (χ3n) is 2.70. The first-order valence-electron chi connectivity index (χ1n) is 5.97. The van der Waals surface area contributed by atoms with Crippen molar-refractivity contribution in [3.05, 3.63) is 21.5 Å². The number of amides is 1. The van der Waals surface area contributed by atoms with Gasteiger partial charge in [0.1, 0.15) is 10.0 Å². The van der Waals surface area contributed by atoms with Crippen LogP contribution < -0.4 is 5.32 Å². The second-order valence-corrected chi connectivity index (χ2v) is 7.42. The number of carbonyl (C=O) groups is 1. The van der Waals surface area contributed by atoms with Gasteiger partial charge in [-0.25, -0.2) is 8.42 Å². The van der Waals surface area contributed by atoms with Gasteiger partial charge in [0.15, 0.2) is 9.84 Å². The highest BCUT2D eigenvalue weighted by molar-refractivity contribution is 7.94. The molecule has 0 radical (unpaired) electrons. The van der Waals surface area contributed by atoms with Crippen LogP contribution in [0.1, 0.15) is 23.4 Å². The van der Waals surface area contributed by atoms with Gasteiger partial charge in [0, 0.05) is 17.7 Å². The summed E-state index contributed by atoms with van der Waals surface area (Å²) in [6.45, 7) is 2.34. The minimum absolute atomic E-state index is 0.0270. The fourth-order valence-electron chi connectivity index (χ4n) is 1.75. The van der Waals surface area contributed by atoms with Crippen LogP contribution in [0.5, 0.6) is 0 Å². The van der Waals surface area contributed by atoms with Gasteiger partial charge in [-0.05, 0) is 6.42 Å². The van der Waals surface area contributed by atoms with Gasteiger partial charge in [-0.15, -0.1) is 10.2 Å². The first kappa shape index (κ1) is 14.1. The number of sulfone groups is 1. The summed E-state index contributed by atoms with van der Waals surface area (Å²) in [6, 6.07) is 0.